The van der Waals surface area contributed by atoms with Gasteiger partial charge in [-0.3, -0.25) is 4.79 Å². The summed E-state index contributed by atoms with van der Waals surface area (Å²) in [5.74, 6) is -0.753. The van der Waals surface area contributed by atoms with Gasteiger partial charge in [-0.2, -0.15) is 0 Å². The van der Waals surface area contributed by atoms with Crippen LogP contribution < -0.4 is 9.46 Å². The van der Waals surface area contributed by atoms with Crippen molar-refractivity contribution in [3.63, 3.8) is 0 Å². The number of sulfonamides is 1. The van der Waals surface area contributed by atoms with Crippen LogP contribution in [0.4, 0.5) is 4.39 Å². The molecule has 2 rings (SSSR count). The summed E-state index contributed by atoms with van der Waals surface area (Å²) in [6, 6.07) is 11.1. The number of ether oxygens (including phenoxy) is 1. The fraction of sp³-hybridized carbons (Fsp3) is 0.0625. The zero-order valence-electron chi connectivity index (χ0n) is 12.2. The molecule has 0 aromatic heterocycles. The van der Waals surface area contributed by atoms with Gasteiger partial charge in [-0.1, -0.05) is 12.1 Å². The number of nitrogens with one attached hydrogen (secondary N) is 1. The summed E-state index contributed by atoms with van der Waals surface area (Å²) in [6.07, 6.45) is 2.55. The third kappa shape index (κ3) is 4.65. The molecule has 0 aliphatic carbocycles. The number of benzene rings is 2. The predicted octanol–water partition coefficient (Wildman–Crippen LogP) is 2.35. The van der Waals surface area contributed by atoms with Gasteiger partial charge in [-0.05, 0) is 48.0 Å². The van der Waals surface area contributed by atoms with Crippen LogP contribution in [-0.4, -0.2) is 21.4 Å². The first-order valence-electron chi connectivity index (χ1n) is 6.55. The van der Waals surface area contributed by atoms with Gasteiger partial charge in [-0.25, -0.2) is 17.5 Å². The highest BCUT2D eigenvalue weighted by atomic mass is 32.2. The lowest BCUT2D eigenvalue weighted by molar-refractivity contribution is -0.114. The molecule has 0 atom stereocenters. The standard InChI is InChI=1S/C16H14FNO4S/c1-22-14-4-2-3-12(11-14)5-10-16(19)18-23(20,21)15-8-6-13(17)7-9-15/h2-11H,1H3,(H,18,19)/b10-5+. The van der Waals surface area contributed by atoms with Gasteiger partial charge in [0, 0.05) is 6.08 Å². The van der Waals surface area contributed by atoms with Crippen molar-refractivity contribution in [2.24, 2.45) is 0 Å². The van der Waals surface area contributed by atoms with Crippen molar-refractivity contribution in [2.75, 3.05) is 7.11 Å². The van der Waals surface area contributed by atoms with Crippen molar-refractivity contribution in [3.05, 3.63) is 66.0 Å². The Bertz CT molecular complexity index is 829. The Morgan fingerprint density at radius 1 is 1.17 bits per heavy atom. The zero-order valence-corrected chi connectivity index (χ0v) is 13.0. The van der Waals surface area contributed by atoms with Crippen LogP contribution >= 0.6 is 0 Å². The molecule has 2 aromatic carbocycles. The van der Waals surface area contributed by atoms with E-state index in [-0.39, 0.29) is 4.90 Å². The maximum absolute atomic E-state index is 12.8. The first-order valence-corrected chi connectivity index (χ1v) is 8.03. The molecule has 0 heterocycles. The highest BCUT2D eigenvalue weighted by Gasteiger charge is 2.15. The highest BCUT2D eigenvalue weighted by molar-refractivity contribution is 7.90. The minimum Gasteiger partial charge on any atom is -0.497 e. The smallest absolute Gasteiger partial charge is 0.264 e. The molecule has 0 aliphatic heterocycles. The minimum atomic E-state index is -4.04. The third-order valence-corrected chi connectivity index (χ3v) is 4.24. The van der Waals surface area contributed by atoms with E-state index in [0.717, 1.165) is 30.3 Å². The molecule has 0 spiro atoms. The second-order valence-electron chi connectivity index (χ2n) is 4.53. The van der Waals surface area contributed by atoms with Crippen molar-refractivity contribution in [3.8, 4) is 5.75 Å². The van der Waals surface area contributed by atoms with Crippen molar-refractivity contribution in [1.29, 1.82) is 0 Å². The maximum atomic E-state index is 12.8. The van der Waals surface area contributed by atoms with E-state index in [2.05, 4.69) is 0 Å². The number of hydrogen-bond donors (Lipinski definition) is 1. The van der Waals surface area contributed by atoms with E-state index < -0.39 is 21.7 Å². The molecule has 0 unspecified atom stereocenters. The monoisotopic (exact) mass is 335 g/mol. The average molecular weight is 335 g/mol. The van der Waals surface area contributed by atoms with Crippen LogP contribution in [0.15, 0.2) is 59.5 Å². The third-order valence-electron chi connectivity index (χ3n) is 2.88. The summed E-state index contributed by atoms with van der Waals surface area (Å²) in [4.78, 5) is 11.6. The summed E-state index contributed by atoms with van der Waals surface area (Å²) >= 11 is 0. The van der Waals surface area contributed by atoms with Gasteiger partial charge >= 0.3 is 0 Å². The van der Waals surface area contributed by atoms with Gasteiger partial charge < -0.3 is 4.74 Å². The van der Waals surface area contributed by atoms with E-state index in [9.17, 15) is 17.6 Å². The van der Waals surface area contributed by atoms with E-state index >= 15 is 0 Å². The second-order valence-corrected chi connectivity index (χ2v) is 6.22. The number of carbonyl (C=O) groups excluding carboxylic acids is 1. The van der Waals surface area contributed by atoms with Crippen LogP contribution in [0.3, 0.4) is 0 Å². The van der Waals surface area contributed by atoms with Gasteiger partial charge in [0.2, 0.25) is 0 Å². The minimum absolute atomic E-state index is 0.193. The van der Waals surface area contributed by atoms with Crippen LogP contribution in [-0.2, 0) is 14.8 Å². The molecule has 23 heavy (non-hydrogen) atoms. The molecule has 0 saturated carbocycles. The van der Waals surface area contributed by atoms with E-state index in [1.165, 1.54) is 13.2 Å². The maximum Gasteiger partial charge on any atom is 0.264 e. The molecule has 0 fully saturated rings. The summed E-state index contributed by atoms with van der Waals surface area (Å²) in [7, 11) is -2.52. The zero-order chi connectivity index (χ0) is 16.9. The average Bonchev–Trinajstić information content (AvgIpc) is 2.53. The molecular formula is C16H14FNO4S. The highest BCUT2D eigenvalue weighted by Crippen LogP contribution is 2.14. The summed E-state index contributed by atoms with van der Waals surface area (Å²) in [5, 5.41) is 0. The van der Waals surface area contributed by atoms with E-state index in [4.69, 9.17) is 4.74 Å². The Balaban J connectivity index is 2.09. The Hall–Kier alpha value is -2.67. The number of hydrogen-bond acceptors (Lipinski definition) is 4. The molecule has 0 radical (unpaired) electrons. The van der Waals surface area contributed by atoms with Crippen LogP contribution in [0.25, 0.3) is 6.08 Å². The van der Waals surface area contributed by atoms with Gasteiger partial charge in [0.15, 0.2) is 0 Å². The Morgan fingerprint density at radius 2 is 1.87 bits per heavy atom. The van der Waals surface area contributed by atoms with Crippen LogP contribution in [0.2, 0.25) is 0 Å². The fourth-order valence-corrected chi connectivity index (χ4v) is 2.70. The van der Waals surface area contributed by atoms with Gasteiger partial charge in [0.25, 0.3) is 15.9 Å². The van der Waals surface area contributed by atoms with E-state index in [1.807, 2.05) is 4.72 Å². The summed E-state index contributed by atoms with van der Waals surface area (Å²) in [6.45, 7) is 0. The SMILES string of the molecule is COc1cccc(/C=C/C(=O)NS(=O)(=O)c2ccc(F)cc2)c1. The summed E-state index contributed by atoms with van der Waals surface area (Å²) < 4.78 is 43.7. The molecular weight excluding hydrogens is 321 g/mol. The quantitative estimate of drug-likeness (QED) is 0.852. The van der Waals surface area contributed by atoms with Gasteiger partial charge in [-0.15, -0.1) is 0 Å². The molecule has 2 aromatic rings. The lowest BCUT2D eigenvalue weighted by Crippen LogP contribution is -2.28. The number of rotatable bonds is 5. The first kappa shape index (κ1) is 16.7. The normalized spacial score (nSPS) is 11.4. The topological polar surface area (TPSA) is 72.5 Å². The predicted molar refractivity (Wildman–Crippen MR) is 83.8 cm³/mol. The van der Waals surface area contributed by atoms with Gasteiger partial charge in [0.1, 0.15) is 11.6 Å². The molecule has 7 heteroatoms. The molecule has 0 aliphatic rings. The van der Waals surface area contributed by atoms with Crippen LogP contribution in [0.1, 0.15) is 5.56 Å². The number of methoxy groups -OCH3 is 1. The molecule has 120 valence electrons. The second kappa shape index (κ2) is 7.06. The van der Waals surface area contributed by atoms with Crippen LogP contribution in [0, 0.1) is 5.82 Å². The van der Waals surface area contributed by atoms with E-state index in [1.54, 1.807) is 24.3 Å². The lowest BCUT2D eigenvalue weighted by atomic mass is 10.2. The summed E-state index contributed by atoms with van der Waals surface area (Å²) in [5.41, 5.74) is 0.679. The largest absolute Gasteiger partial charge is 0.497 e. The van der Waals surface area contributed by atoms with Crippen molar-refractivity contribution in [1.82, 2.24) is 4.72 Å². The molecule has 0 saturated heterocycles. The molecule has 0 bridgehead atoms. The first-order chi connectivity index (χ1) is 10.9. The Kier molecular flexibility index (Phi) is 5.13. The number of amides is 1. The van der Waals surface area contributed by atoms with Crippen molar-refractivity contribution in [2.45, 2.75) is 4.90 Å². The van der Waals surface area contributed by atoms with Crippen molar-refractivity contribution >= 4 is 22.0 Å². The number of carbonyl (C=O) groups is 1. The lowest BCUT2D eigenvalue weighted by Gasteiger charge is -2.04. The number of halogens is 1. The van der Waals surface area contributed by atoms with Crippen LogP contribution in [0.5, 0.6) is 5.75 Å². The Morgan fingerprint density at radius 3 is 2.52 bits per heavy atom. The molecule has 1 amide bonds. The Labute approximate surface area is 133 Å². The molecule has 5 nitrogen and oxygen atoms in total. The van der Waals surface area contributed by atoms with E-state index in [0.29, 0.717) is 11.3 Å². The molecule has 1 N–H and O–H groups in total. The van der Waals surface area contributed by atoms with Gasteiger partial charge in [0.05, 0.1) is 12.0 Å². The fourth-order valence-electron chi connectivity index (χ4n) is 1.76. The van der Waals surface area contributed by atoms with Crippen molar-refractivity contribution < 1.29 is 22.3 Å².